The first-order valence-electron chi connectivity index (χ1n) is 5.83. The van der Waals surface area contributed by atoms with E-state index in [4.69, 9.17) is 5.14 Å². The fraction of sp³-hybridized carbons (Fsp3) is 0.417. The van der Waals surface area contributed by atoms with Crippen LogP contribution < -0.4 is 10.5 Å². The Hall–Kier alpha value is -1.05. The number of hydrogen-bond donors (Lipinski definition) is 2. The summed E-state index contributed by atoms with van der Waals surface area (Å²) in [5, 5.41) is 9.04. The van der Waals surface area contributed by atoms with E-state index in [1.807, 2.05) is 0 Å². The van der Waals surface area contributed by atoms with E-state index in [0.717, 1.165) is 17.5 Å². The van der Waals surface area contributed by atoms with E-state index in [1.54, 1.807) is 23.9 Å². The van der Waals surface area contributed by atoms with Gasteiger partial charge in [-0.2, -0.15) is 0 Å². The van der Waals surface area contributed by atoms with Crippen LogP contribution >= 0.6 is 11.8 Å². The smallest absolute Gasteiger partial charge is 0.238 e. The lowest BCUT2D eigenvalue weighted by molar-refractivity contribution is 0.438. The molecule has 19 heavy (non-hydrogen) atoms. The van der Waals surface area contributed by atoms with E-state index in [2.05, 4.69) is 24.2 Å². The molecule has 0 fully saturated rings. The number of amidine groups is 1. The number of thioether (sulfide) groups is 1. The molecule has 104 valence electrons. The summed E-state index contributed by atoms with van der Waals surface area (Å²) >= 11 is 1.64. The topological polar surface area (TPSA) is 84.5 Å². The molecule has 0 spiro atoms. The molecular weight excluding hydrogens is 282 g/mol. The van der Waals surface area contributed by atoms with Crippen LogP contribution in [0.15, 0.2) is 34.2 Å². The maximum absolute atomic E-state index is 11.3. The lowest BCUT2D eigenvalue weighted by Crippen LogP contribution is -2.27. The number of benzene rings is 1. The summed E-state index contributed by atoms with van der Waals surface area (Å²) < 4.78 is 22.6. The largest absolute Gasteiger partial charge is 0.335 e. The van der Waals surface area contributed by atoms with Gasteiger partial charge in [-0.25, -0.2) is 13.6 Å². The Morgan fingerprint density at radius 1 is 1.42 bits per heavy atom. The van der Waals surface area contributed by atoms with Crippen LogP contribution in [0.1, 0.15) is 13.8 Å². The van der Waals surface area contributed by atoms with Gasteiger partial charge < -0.3 is 5.32 Å². The van der Waals surface area contributed by atoms with Crippen LogP contribution in [0.25, 0.3) is 0 Å². The van der Waals surface area contributed by atoms with E-state index >= 15 is 0 Å². The van der Waals surface area contributed by atoms with Crippen molar-refractivity contribution in [1.82, 2.24) is 0 Å². The minimum Gasteiger partial charge on any atom is -0.335 e. The highest BCUT2D eigenvalue weighted by Crippen LogP contribution is 2.28. The molecule has 0 aliphatic carbocycles. The van der Waals surface area contributed by atoms with Crippen LogP contribution in [-0.2, 0) is 10.0 Å². The van der Waals surface area contributed by atoms with Gasteiger partial charge in [-0.15, -0.1) is 0 Å². The minimum atomic E-state index is -3.67. The second kappa shape index (κ2) is 5.15. The van der Waals surface area contributed by atoms with Gasteiger partial charge in [-0.3, -0.25) is 4.99 Å². The summed E-state index contributed by atoms with van der Waals surface area (Å²) in [6, 6.07) is 6.43. The third kappa shape index (κ3) is 3.95. The Morgan fingerprint density at radius 2 is 2.16 bits per heavy atom. The number of aliphatic imine (C=N–C) groups is 1. The number of primary sulfonamides is 1. The summed E-state index contributed by atoms with van der Waals surface area (Å²) in [6.07, 6.45) is 0. The molecule has 0 saturated carbocycles. The summed E-state index contributed by atoms with van der Waals surface area (Å²) in [6.45, 7) is 5.10. The van der Waals surface area contributed by atoms with Gasteiger partial charge >= 0.3 is 0 Å². The van der Waals surface area contributed by atoms with Crippen LogP contribution in [0.3, 0.4) is 0 Å². The predicted molar refractivity (Wildman–Crippen MR) is 80.0 cm³/mol. The van der Waals surface area contributed by atoms with Crippen molar-refractivity contribution in [2.24, 2.45) is 15.5 Å². The molecule has 1 aromatic carbocycles. The highest BCUT2D eigenvalue weighted by Gasteiger charge is 2.23. The van der Waals surface area contributed by atoms with Gasteiger partial charge in [0.15, 0.2) is 5.17 Å². The van der Waals surface area contributed by atoms with E-state index < -0.39 is 10.0 Å². The lowest BCUT2D eigenvalue weighted by Gasteiger charge is -2.27. The lowest BCUT2D eigenvalue weighted by atomic mass is 9.97. The molecule has 1 aliphatic heterocycles. The normalized spacial score (nSPS) is 18.8. The summed E-state index contributed by atoms with van der Waals surface area (Å²) in [5.41, 5.74) is 0.885. The van der Waals surface area contributed by atoms with Crippen LogP contribution in [0.4, 0.5) is 5.69 Å². The molecule has 0 amide bonds. The fourth-order valence-electron chi connectivity index (χ4n) is 1.59. The van der Waals surface area contributed by atoms with E-state index in [0.29, 0.717) is 5.69 Å². The van der Waals surface area contributed by atoms with Crippen molar-refractivity contribution in [2.45, 2.75) is 18.7 Å². The first-order chi connectivity index (χ1) is 8.76. The first kappa shape index (κ1) is 14.4. The predicted octanol–water partition coefficient (Wildman–Crippen LogP) is 1.87. The van der Waals surface area contributed by atoms with Gasteiger partial charge in [0.1, 0.15) is 0 Å². The molecule has 3 N–H and O–H groups in total. The maximum atomic E-state index is 11.3. The molecular formula is C12H17N3O2S2. The van der Waals surface area contributed by atoms with Gasteiger partial charge in [0.25, 0.3) is 0 Å². The molecule has 1 aliphatic rings. The zero-order chi connectivity index (χ0) is 14.1. The Kier molecular flexibility index (Phi) is 3.89. The van der Waals surface area contributed by atoms with E-state index in [9.17, 15) is 8.42 Å². The summed E-state index contributed by atoms with van der Waals surface area (Å²) in [7, 11) is -3.67. The molecule has 2 rings (SSSR count). The fourth-order valence-corrected chi connectivity index (χ4v) is 3.11. The Balaban J connectivity index is 2.15. The third-order valence-corrected chi connectivity index (χ3v) is 5.01. The average molecular weight is 299 g/mol. The van der Waals surface area contributed by atoms with Gasteiger partial charge in [-0.1, -0.05) is 31.7 Å². The van der Waals surface area contributed by atoms with Crippen LogP contribution in [0, 0.1) is 5.41 Å². The molecule has 0 bridgehead atoms. The summed E-state index contributed by atoms with van der Waals surface area (Å²) in [5.74, 6) is 0.980. The zero-order valence-corrected chi connectivity index (χ0v) is 12.5. The van der Waals surface area contributed by atoms with E-state index in [-0.39, 0.29) is 10.3 Å². The molecule has 0 aromatic heterocycles. The van der Waals surface area contributed by atoms with Crippen molar-refractivity contribution in [3.63, 3.8) is 0 Å². The van der Waals surface area contributed by atoms with Gasteiger partial charge in [0.05, 0.1) is 4.90 Å². The number of nitrogens with one attached hydrogen (secondary N) is 1. The Morgan fingerprint density at radius 3 is 2.74 bits per heavy atom. The highest BCUT2D eigenvalue weighted by atomic mass is 32.2. The monoisotopic (exact) mass is 299 g/mol. The Bertz CT molecular complexity index is 609. The molecule has 0 atom stereocenters. The molecule has 1 heterocycles. The SMILES string of the molecule is CC1(C)CN=C(Nc2cccc(S(N)(=O)=O)c2)SC1. The van der Waals surface area contributed by atoms with Gasteiger partial charge in [0, 0.05) is 18.0 Å². The standard InChI is InChI=1S/C12H17N3O2S2/c1-12(2)7-14-11(18-8-12)15-9-4-3-5-10(6-9)19(13,16)17/h3-6H,7-8H2,1-2H3,(H,14,15)(H2,13,16,17). The van der Waals surface area contributed by atoms with Gasteiger partial charge in [0.2, 0.25) is 10.0 Å². The Labute approximate surface area is 117 Å². The summed E-state index contributed by atoms with van der Waals surface area (Å²) in [4.78, 5) is 4.55. The second-order valence-electron chi connectivity index (χ2n) is 5.27. The first-order valence-corrected chi connectivity index (χ1v) is 8.37. The van der Waals surface area contributed by atoms with Crippen molar-refractivity contribution in [2.75, 3.05) is 17.6 Å². The van der Waals surface area contributed by atoms with Crippen molar-refractivity contribution >= 4 is 32.6 Å². The van der Waals surface area contributed by atoms with Crippen molar-refractivity contribution < 1.29 is 8.42 Å². The van der Waals surface area contributed by atoms with Crippen molar-refractivity contribution in [3.05, 3.63) is 24.3 Å². The molecule has 0 radical (unpaired) electrons. The number of hydrogen-bond acceptors (Lipinski definition) is 5. The molecule has 7 heteroatoms. The van der Waals surface area contributed by atoms with Crippen molar-refractivity contribution in [1.29, 1.82) is 0 Å². The molecule has 5 nitrogen and oxygen atoms in total. The third-order valence-electron chi connectivity index (χ3n) is 2.66. The number of nitrogens with two attached hydrogens (primary N) is 1. The molecule has 0 unspecified atom stereocenters. The highest BCUT2D eigenvalue weighted by molar-refractivity contribution is 8.14. The van der Waals surface area contributed by atoms with Crippen LogP contribution in [0.5, 0.6) is 0 Å². The van der Waals surface area contributed by atoms with Crippen LogP contribution in [0.2, 0.25) is 0 Å². The quantitative estimate of drug-likeness (QED) is 0.873. The number of anilines is 1. The maximum Gasteiger partial charge on any atom is 0.238 e. The molecule has 1 aromatic rings. The molecule has 0 saturated heterocycles. The van der Waals surface area contributed by atoms with E-state index in [1.165, 1.54) is 12.1 Å². The number of rotatable bonds is 2. The van der Waals surface area contributed by atoms with Crippen LogP contribution in [-0.4, -0.2) is 25.9 Å². The average Bonchev–Trinajstić information content (AvgIpc) is 2.31. The van der Waals surface area contributed by atoms with Crippen molar-refractivity contribution in [3.8, 4) is 0 Å². The second-order valence-corrected chi connectivity index (χ2v) is 7.80. The zero-order valence-electron chi connectivity index (χ0n) is 10.9. The number of sulfonamides is 1. The minimum absolute atomic E-state index is 0.0965. The van der Waals surface area contributed by atoms with Gasteiger partial charge in [-0.05, 0) is 23.6 Å². The number of nitrogens with zero attached hydrogens (tertiary/aromatic N) is 1.